The van der Waals surface area contributed by atoms with Crippen LogP contribution in [0.3, 0.4) is 0 Å². The third kappa shape index (κ3) is 5.02. The van der Waals surface area contributed by atoms with Gasteiger partial charge in [-0.1, -0.05) is 31.7 Å². The Morgan fingerprint density at radius 2 is 1.83 bits per heavy atom. The Kier molecular flexibility index (Phi) is 5.89. The zero-order chi connectivity index (χ0) is 20.1. The van der Waals surface area contributed by atoms with Crippen LogP contribution in [0.2, 0.25) is 0 Å². The van der Waals surface area contributed by atoms with E-state index in [1.54, 1.807) is 18.6 Å². The summed E-state index contributed by atoms with van der Waals surface area (Å²) in [6, 6.07) is 7.92. The lowest BCUT2D eigenvalue weighted by atomic mass is 10.0. The maximum Gasteiger partial charge on any atom is 0.412 e. The van der Waals surface area contributed by atoms with E-state index in [1.807, 2.05) is 31.2 Å². The van der Waals surface area contributed by atoms with E-state index in [1.165, 1.54) is 19.1 Å². The summed E-state index contributed by atoms with van der Waals surface area (Å²) in [7, 11) is 0. The number of hydrogen-bond donors (Lipinski definition) is 1. The lowest BCUT2D eigenvalue weighted by Crippen LogP contribution is -2.36. The molecule has 6 heteroatoms. The molecule has 1 saturated carbocycles. The van der Waals surface area contributed by atoms with Gasteiger partial charge < -0.3 is 14.5 Å². The van der Waals surface area contributed by atoms with E-state index in [2.05, 4.69) is 15.3 Å². The molecule has 0 bridgehead atoms. The molecule has 1 aromatic carbocycles. The number of nitrogens with one attached hydrogen (secondary N) is 1. The summed E-state index contributed by atoms with van der Waals surface area (Å²) < 4.78 is 11.0. The smallest absolute Gasteiger partial charge is 0.412 e. The number of aryl methyl sites for hydroxylation is 1. The van der Waals surface area contributed by atoms with Gasteiger partial charge >= 0.3 is 6.09 Å². The molecule has 3 aromatic rings. The van der Waals surface area contributed by atoms with Crippen molar-refractivity contribution < 1.29 is 13.9 Å². The molecule has 1 N–H and O–H groups in total. The standard InChI is InChI=1S/C23H25N3O3/c1-16-10-17(18-12-19(15-24-14-18)22-25-8-9-28-22)13-21(11-16)29-23(27)26-20-6-4-2-3-5-7-20/h8-15,20H,2-7H2,1H3,(H,26,27). The molecular formula is C23H25N3O3. The highest BCUT2D eigenvalue weighted by atomic mass is 16.6. The van der Waals surface area contributed by atoms with Crippen molar-refractivity contribution in [2.45, 2.75) is 51.5 Å². The largest absolute Gasteiger partial charge is 0.444 e. The zero-order valence-electron chi connectivity index (χ0n) is 16.6. The summed E-state index contributed by atoms with van der Waals surface area (Å²) in [5.41, 5.74) is 3.62. The highest BCUT2D eigenvalue weighted by molar-refractivity contribution is 5.74. The molecule has 0 atom stereocenters. The van der Waals surface area contributed by atoms with Gasteiger partial charge in [0.05, 0.1) is 11.8 Å². The fourth-order valence-electron chi connectivity index (χ4n) is 3.78. The van der Waals surface area contributed by atoms with Crippen LogP contribution in [0.25, 0.3) is 22.6 Å². The molecule has 2 heterocycles. The van der Waals surface area contributed by atoms with Crippen molar-refractivity contribution in [3.63, 3.8) is 0 Å². The number of hydrogen-bond acceptors (Lipinski definition) is 5. The number of oxazole rings is 1. The van der Waals surface area contributed by atoms with Crippen LogP contribution in [0.1, 0.15) is 44.1 Å². The van der Waals surface area contributed by atoms with E-state index in [-0.39, 0.29) is 12.1 Å². The number of aromatic nitrogens is 2. The van der Waals surface area contributed by atoms with Crippen molar-refractivity contribution in [3.05, 3.63) is 54.7 Å². The Morgan fingerprint density at radius 3 is 2.59 bits per heavy atom. The van der Waals surface area contributed by atoms with Crippen LogP contribution in [0.5, 0.6) is 5.75 Å². The van der Waals surface area contributed by atoms with Crippen molar-refractivity contribution in [2.75, 3.05) is 0 Å². The number of carbonyl (C=O) groups excluding carboxylic acids is 1. The van der Waals surface area contributed by atoms with Crippen LogP contribution >= 0.6 is 0 Å². The van der Waals surface area contributed by atoms with Gasteiger partial charge in [-0.15, -0.1) is 0 Å². The molecule has 0 radical (unpaired) electrons. The molecule has 6 nitrogen and oxygen atoms in total. The summed E-state index contributed by atoms with van der Waals surface area (Å²) in [5.74, 6) is 1.04. The first-order chi connectivity index (χ1) is 14.2. The van der Waals surface area contributed by atoms with Gasteiger partial charge in [0, 0.05) is 24.0 Å². The van der Waals surface area contributed by atoms with Crippen molar-refractivity contribution in [2.24, 2.45) is 0 Å². The van der Waals surface area contributed by atoms with Crippen molar-refractivity contribution in [1.29, 1.82) is 0 Å². The highest BCUT2D eigenvalue weighted by Gasteiger charge is 2.16. The van der Waals surface area contributed by atoms with Gasteiger partial charge in [0.2, 0.25) is 5.89 Å². The van der Waals surface area contributed by atoms with Crippen molar-refractivity contribution >= 4 is 6.09 Å². The molecule has 0 saturated heterocycles. The van der Waals surface area contributed by atoms with Gasteiger partial charge in [-0.05, 0) is 49.1 Å². The summed E-state index contributed by atoms with van der Waals surface area (Å²) in [5, 5.41) is 3.02. The number of rotatable bonds is 4. The molecule has 1 aliphatic carbocycles. The van der Waals surface area contributed by atoms with Gasteiger partial charge in [0.1, 0.15) is 12.0 Å². The maximum atomic E-state index is 12.4. The Hall–Kier alpha value is -3.15. The Bertz CT molecular complexity index is 961. The van der Waals surface area contributed by atoms with Crippen molar-refractivity contribution in [1.82, 2.24) is 15.3 Å². The monoisotopic (exact) mass is 391 g/mol. The highest BCUT2D eigenvalue weighted by Crippen LogP contribution is 2.28. The summed E-state index contributed by atoms with van der Waals surface area (Å²) in [6.07, 6.45) is 13.1. The number of ether oxygens (including phenoxy) is 1. The minimum atomic E-state index is -0.389. The molecule has 0 spiro atoms. The van der Waals surface area contributed by atoms with Crippen LogP contribution in [0.15, 0.2) is 53.5 Å². The van der Waals surface area contributed by atoms with Crippen molar-refractivity contribution in [3.8, 4) is 28.3 Å². The Labute approximate surface area is 170 Å². The molecule has 4 rings (SSSR count). The lowest BCUT2D eigenvalue weighted by molar-refractivity contribution is 0.194. The van der Waals surface area contributed by atoms with E-state index in [0.717, 1.165) is 47.9 Å². The first kappa shape index (κ1) is 19.2. The molecule has 1 amide bonds. The molecular weight excluding hydrogens is 366 g/mol. The van der Waals surface area contributed by atoms with Gasteiger partial charge in [-0.25, -0.2) is 9.78 Å². The number of amides is 1. The quantitative estimate of drug-likeness (QED) is 0.592. The third-order valence-electron chi connectivity index (χ3n) is 5.19. The normalized spacial score (nSPS) is 14.9. The number of pyridine rings is 1. The van der Waals surface area contributed by atoms with Crippen LogP contribution in [-0.4, -0.2) is 22.1 Å². The van der Waals surface area contributed by atoms with E-state index in [0.29, 0.717) is 11.6 Å². The third-order valence-corrected chi connectivity index (χ3v) is 5.19. The molecule has 0 aliphatic heterocycles. The molecule has 0 unspecified atom stereocenters. The SMILES string of the molecule is Cc1cc(OC(=O)NC2CCCCCC2)cc(-c2cncc(-c3ncco3)c2)c1. The average Bonchev–Trinajstić information content (AvgIpc) is 3.13. The number of carbonyl (C=O) groups is 1. The predicted molar refractivity (Wildman–Crippen MR) is 111 cm³/mol. The summed E-state index contributed by atoms with van der Waals surface area (Å²) in [4.78, 5) is 20.9. The van der Waals surface area contributed by atoms with Gasteiger partial charge in [-0.3, -0.25) is 4.98 Å². The summed E-state index contributed by atoms with van der Waals surface area (Å²) >= 11 is 0. The minimum Gasteiger partial charge on any atom is -0.444 e. The molecule has 29 heavy (non-hydrogen) atoms. The molecule has 1 aliphatic rings. The average molecular weight is 391 g/mol. The van der Waals surface area contributed by atoms with Gasteiger partial charge in [0.15, 0.2) is 0 Å². The second kappa shape index (κ2) is 8.90. The Balaban J connectivity index is 1.50. The topological polar surface area (TPSA) is 77.2 Å². The van der Waals surface area contributed by atoms with E-state index < -0.39 is 0 Å². The molecule has 1 fully saturated rings. The molecule has 2 aromatic heterocycles. The fourth-order valence-corrected chi connectivity index (χ4v) is 3.78. The first-order valence-corrected chi connectivity index (χ1v) is 10.1. The fraction of sp³-hybridized carbons (Fsp3) is 0.348. The van der Waals surface area contributed by atoms with Gasteiger partial charge in [0.25, 0.3) is 0 Å². The lowest BCUT2D eigenvalue weighted by Gasteiger charge is -2.16. The van der Waals surface area contributed by atoms with Gasteiger partial charge in [-0.2, -0.15) is 0 Å². The predicted octanol–water partition coefficient (Wildman–Crippen LogP) is 5.52. The second-order valence-electron chi connectivity index (χ2n) is 7.56. The Morgan fingerprint density at radius 1 is 1.03 bits per heavy atom. The van der Waals surface area contributed by atoms with E-state index in [4.69, 9.17) is 9.15 Å². The molecule has 150 valence electrons. The number of benzene rings is 1. The van der Waals surface area contributed by atoms with Crippen LogP contribution in [-0.2, 0) is 0 Å². The van der Waals surface area contributed by atoms with Crippen LogP contribution in [0, 0.1) is 6.92 Å². The number of nitrogens with zero attached hydrogens (tertiary/aromatic N) is 2. The van der Waals surface area contributed by atoms with Crippen LogP contribution < -0.4 is 10.1 Å². The zero-order valence-corrected chi connectivity index (χ0v) is 16.6. The maximum absolute atomic E-state index is 12.4. The van der Waals surface area contributed by atoms with E-state index >= 15 is 0 Å². The summed E-state index contributed by atoms with van der Waals surface area (Å²) in [6.45, 7) is 1.98. The second-order valence-corrected chi connectivity index (χ2v) is 7.56. The minimum absolute atomic E-state index is 0.205. The first-order valence-electron chi connectivity index (χ1n) is 10.1. The van der Waals surface area contributed by atoms with E-state index in [9.17, 15) is 4.79 Å². The van der Waals surface area contributed by atoms with Crippen LogP contribution in [0.4, 0.5) is 4.79 Å².